The molecule has 2 nitrogen and oxygen atoms in total. The maximum absolute atomic E-state index is 12.3. The summed E-state index contributed by atoms with van der Waals surface area (Å²) in [6.07, 6.45) is -3.61. The maximum Gasteiger partial charge on any atom is 0.396 e. The number of ether oxygens (including phenoxy) is 1. The van der Waals surface area contributed by atoms with Crippen LogP contribution in [0.2, 0.25) is 0 Å². The number of halogens is 3. The Morgan fingerprint density at radius 1 is 1.42 bits per heavy atom. The summed E-state index contributed by atoms with van der Waals surface area (Å²) in [5.41, 5.74) is -0.918. The van der Waals surface area contributed by atoms with Crippen molar-refractivity contribution in [1.29, 1.82) is 0 Å². The van der Waals surface area contributed by atoms with Gasteiger partial charge in [0.15, 0.2) is 0 Å². The van der Waals surface area contributed by atoms with Gasteiger partial charge in [0.05, 0.1) is 12.2 Å². The van der Waals surface area contributed by atoms with Crippen molar-refractivity contribution in [2.24, 2.45) is 5.92 Å². The molecule has 0 aliphatic carbocycles. The number of rotatable bonds is 0. The molecule has 2 aliphatic rings. The Kier molecular flexibility index (Phi) is 1.63. The Morgan fingerprint density at radius 3 is 2.50 bits per heavy atom. The zero-order valence-electron chi connectivity index (χ0n) is 6.45. The molecule has 2 unspecified atom stereocenters. The summed E-state index contributed by atoms with van der Waals surface area (Å²) in [5.74, 6) is -1.25. The number of nitrogens with one attached hydrogen (secondary N) is 1. The first-order chi connectivity index (χ1) is 5.55. The fourth-order valence-electron chi connectivity index (χ4n) is 1.90. The number of hydrogen-bond donors (Lipinski definition) is 1. The molecule has 5 heteroatoms. The van der Waals surface area contributed by atoms with Crippen molar-refractivity contribution >= 4 is 0 Å². The molecule has 0 saturated carbocycles. The minimum absolute atomic E-state index is 0.162. The highest BCUT2D eigenvalue weighted by atomic mass is 19.4. The van der Waals surface area contributed by atoms with Crippen LogP contribution in [0.5, 0.6) is 0 Å². The first kappa shape index (κ1) is 8.31. The second kappa shape index (κ2) is 2.35. The molecule has 1 spiro atoms. The van der Waals surface area contributed by atoms with E-state index in [0.29, 0.717) is 19.5 Å². The molecule has 2 saturated heterocycles. The molecule has 2 heterocycles. The van der Waals surface area contributed by atoms with Crippen molar-refractivity contribution in [1.82, 2.24) is 5.32 Å². The first-order valence-electron chi connectivity index (χ1n) is 3.96. The van der Waals surface area contributed by atoms with Gasteiger partial charge in [-0.05, 0) is 13.0 Å². The second-order valence-corrected chi connectivity index (χ2v) is 3.40. The van der Waals surface area contributed by atoms with E-state index in [1.54, 1.807) is 0 Å². The summed E-state index contributed by atoms with van der Waals surface area (Å²) in [7, 11) is 0. The Labute approximate surface area is 68.1 Å². The topological polar surface area (TPSA) is 21.3 Å². The van der Waals surface area contributed by atoms with Crippen LogP contribution in [0.4, 0.5) is 13.2 Å². The summed E-state index contributed by atoms with van der Waals surface area (Å²) in [5, 5.41) is 2.89. The summed E-state index contributed by atoms with van der Waals surface area (Å²) in [6.45, 7) is 0.814. The maximum atomic E-state index is 12.3. The van der Waals surface area contributed by atoms with Gasteiger partial charge in [-0.3, -0.25) is 0 Å². The second-order valence-electron chi connectivity index (χ2n) is 3.40. The van der Waals surface area contributed by atoms with Gasteiger partial charge in [0.1, 0.15) is 5.92 Å². The molecule has 0 radical (unpaired) electrons. The molecule has 2 rings (SSSR count). The average molecular weight is 181 g/mol. The Hall–Kier alpha value is -0.290. The molecule has 0 aromatic heterocycles. The van der Waals surface area contributed by atoms with Gasteiger partial charge in [0.2, 0.25) is 0 Å². The van der Waals surface area contributed by atoms with Gasteiger partial charge in [-0.25, -0.2) is 0 Å². The average Bonchev–Trinajstić information content (AvgIpc) is 2.28. The van der Waals surface area contributed by atoms with E-state index in [4.69, 9.17) is 4.74 Å². The Balaban J connectivity index is 2.09. The van der Waals surface area contributed by atoms with E-state index >= 15 is 0 Å². The van der Waals surface area contributed by atoms with Crippen LogP contribution in [-0.4, -0.2) is 31.5 Å². The third-order valence-electron chi connectivity index (χ3n) is 2.72. The largest absolute Gasteiger partial charge is 0.396 e. The number of alkyl halides is 3. The van der Waals surface area contributed by atoms with E-state index in [-0.39, 0.29) is 6.61 Å². The summed E-state index contributed by atoms with van der Waals surface area (Å²) < 4.78 is 41.9. The molecule has 2 fully saturated rings. The van der Waals surface area contributed by atoms with Crippen LogP contribution < -0.4 is 5.32 Å². The lowest BCUT2D eigenvalue weighted by Gasteiger charge is -2.46. The third-order valence-corrected chi connectivity index (χ3v) is 2.72. The molecule has 70 valence electrons. The standard InChI is InChI=1S/C7H10F3NO/c8-7(9,10)5-3-12-6(5)1-2-11-4-6/h5,11H,1-4H2. The van der Waals surface area contributed by atoms with E-state index in [1.165, 1.54) is 0 Å². The van der Waals surface area contributed by atoms with E-state index in [2.05, 4.69) is 5.32 Å². The Morgan fingerprint density at radius 2 is 2.17 bits per heavy atom. The van der Waals surface area contributed by atoms with Gasteiger partial charge >= 0.3 is 6.18 Å². The van der Waals surface area contributed by atoms with Crippen LogP contribution in [-0.2, 0) is 4.74 Å². The summed E-state index contributed by atoms with van der Waals surface area (Å²) in [6, 6.07) is 0. The SMILES string of the molecule is FC(F)(F)C1COC12CCNC2. The zero-order valence-corrected chi connectivity index (χ0v) is 6.45. The van der Waals surface area contributed by atoms with Gasteiger partial charge in [-0.1, -0.05) is 0 Å². The molecule has 1 N–H and O–H groups in total. The van der Waals surface area contributed by atoms with Crippen LogP contribution in [0, 0.1) is 5.92 Å². The third kappa shape index (κ3) is 1.03. The molecule has 2 atom stereocenters. The normalized spacial score (nSPS) is 41.8. The molecule has 12 heavy (non-hydrogen) atoms. The minimum atomic E-state index is -4.09. The van der Waals surface area contributed by atoms with Gasteiger partial charge in [-0.2, -0.15) is 13.2 Å². The zero-order chi connectivity index (χ0) is 8.82. The molecular formula is C7H10F3NO. The summed E-state index contributed by atoms with van der Waals surface area (Å²) in [4.78, 5) is 0. The Bertz CT molecular complexity index is 186. The lowest BCUT2D eigenvalue weighted by atomic mass is 9.81. The highest BCUT2D eigenvalue weighted by Gasteiger charge is 2.61. The van der Waals surface area contributed by atoms with E-state index in [0.717, 1.165) is 0 Å². The van der Waals surface area contributed by atoms with Crippen LogP contribution in [0.25, 0.3) is 0 Å². The lowest BCUT2D eigenvalue weighted by molar-refractivity contribution is -0.311. The minimum Gasteiger partial charge on any atom is -0.372 e. The predicted molar refractivity (Wildman–Crippen MR) is 35.7 cm³/mol. The highest BCUT2D eigenvalue weighted by molar-refractivity contribution is 5.04. The lowest BCUT2D eigenvalue weighted by Crippen LogP contribution is -2.60. The fourth-order valence-corrected chi connectivity index (χ4v) is 1.90. The van der Waals surface area contributed by atoms with Gasteiger partial charge in [-0.15, -0.1) is 0 Å². The number of hydrogen-bond acceptors (Lipinski definition) is 2. The van der Waals surface area contributed by atoms with Crippen molar-refractivity contribution in [3.63, 3.8) is 0 Å². The van der Waals surface area contributed by atoms with Crippen LogP contribution in [0.1, 0.15) is 6.42 Å². The fraction of sp³-hybridized carbons (Fsp3) is 1.00. The quantitative estimate of drug-likeness (QED) is 0.600. The van der Waals surface area contributed by atoms with Crippen LogP contribution >= 0.6 is 0 Å². The van der Waals surface area contributed by atoms with E-state index in [1.807, 2.05) is 0 Å². The van der Waals surface area contributed by atoms with Crippen molar-refractivity contribution in [2.75, 3.05) is 19.7 Å². The van der Waals surface area contributed by atoms with Gasteiger partial charge < -0.3 is 10.1 Å². The van der Waals surface area contributed by atoms with Gasteiger partial charge in [0, 0.05) is 6.54 Å². The van der Waals surface area contributed by atoms with Crippen molar-refractivity contribution < 1.29 is 17.9 Å². The molecular weight excluding hydrogens is 171 g/mol. The van der Waals surface area contributed by atoms with Gasteiger partial charge in [0.25, 0.3) is 0 Å². The molecule has 2 aliphatic heterocycles. The van der Waals surface area contributed by atoms with Crippen LogP contribution in [0.15, 0.2) is 0 Å². The van der Waals surface area contributed by atoms with E-state index < -0.39 is 17.7 Å². The molecule has 0 aromatic rings. The summed E-state index contributed by atoms with van der Waals surface area (Å²) >= 11 is 0. The monoisotopic (exact) mass is 181 g/mol. The highest BCUT2D eigenvalue weighted by Crippen LogP contribution is 2.47. The van der Waals surface area contributed by atoms with Crippen LogP contribution in [0.3, 0.4) is 0 Å². The van der Waals surface area contributed by atoms with Crippen molar-refractivity contribution in [3.8, 4) is 0 Å². The molecule has 0 bridgehead atoms. The van der Waals surface area contributed by atoms with Crippen molar-refractivity contribution in [2.45, 2.75) is 18.2 Å². The predicted octanol–water partition coefficient (Wildman–Crippen LogP) is 0.927. The first-order valence-corrected chi connectivity index (χ1v) is 3.96. The van der Waals surface area contributed by atoms with E-state index in [9.17, 15) is 13.2 Å². The smallest absolute Gasteiger partial charge is 0.372 e. The van der Waals surface area contributed by atoms with Crippen molar-refractivity contribution in [3.05, 3.63) is 0 Å². The molecule has 0 amide bonds. The molecule has 0 aromatic carbocycles.